The predicted octanol–water partition coefficient (Wildman–Crippen LogP) is 3.50. The highest BCUT2D eigenvalue weighted by Crippen LogP contribution is 2.33. The summed E-state index contributed by atoms with van der Waals surface area (Å²) in [6, 6.07) is 9.22. The van der Waals surface area contributed by atoms with E-state index in [-0.39, 0.29) is 5.70 Å². The molecule has 0 spiro atoms. The summed E-state index contributed by atoms with van der Waals surface area (Å²) < 4.78 is 16.2. The number of benzene rings is 1. The average Bonchev–Trinajstić information content (AvgIpc) is 3.19. The summed E-state index contributed by atoms with van der Waals surface area (Å²) in [7, 11) is 1.58. The third-order valence-electron chi connectivity index (χ3n) is 3.16. The number of rotatable bonds is 5. The average molecular weight is 329 g/mol. The highest BCUT2D eigenvalue weighted by Gasteiger charge is 2.25. The Morgan fingerprint density at radius 3 is 2.87 bits per heavy atom. The minimum absolute atomic E-state index is 0.239. The highest BCUT2D eigenvalue weighted by atomic mass is 32.1. The van der Waals surface area contributed by atoms with Gasteiger partial charge in [-0.2, -0.15) is 0 Å². The topological polar surface area (TPSA) is 57.1 Å². The first-order chi connectivity index (χ1) is 11.2. The molecule has 0 bridgehead atoms. The maximum Gasteiger partial charge on any atom is 0.363 e. The molecule has 6 heteroatoms. The van der Waals surface area contributed by atoms with Gasteiger partial charge in [0, 0.05) is 5.56 Å². The molecule has 3 rings (SSSR count). The van der Waals surface area contributed by atoms with Gasteiger partial charge in [0.2, 0.25) is 5.90 Å². The summed E-state index contributed by atoms with van der Waals surface area (Å²) in [5.74, 6) is 1.04. The van der Waals surface area contributed by atoms with Crippen LogP contribution in [0.1, 0.15) is 17.4 Å². The molecule has 1 aromatic heterocycles. The Bertz CT molecular complexity index is 778. The number of nitrogens with zero attached hydrogens (tertiary/aromatic N) is 1. The van der Waals surface area contributed by atoms with Crippen molar-refractivity contribution in [1.29, 1.82) is 0 Å². The summed E-state index contributed by atoms with van der Waals surface area (Å²) in [5.41, 5.74) is 0.955. The first-order valence-electron chi connectivity index (χ1n) is 7.09. The molecule has 1 aliphatic rings. The van der Waals surface area contributed by atoms with E-state index in [0.29, 0.717) is 29.6 Å². The van der Waals surface area contributed by atoms with E-state index in [1.165, 1.54) is 11.3 Å². The minimum Gasteiger partial charge on any atom is -0.493 e. The van der Waals surface area contributed by atoms with Gasteiger partial charge in [0.05, 0.1) is 18.6 Å². The van der Waals surface area contributed by atoms with E-state index >= 15 is 0 Å². The summed E-state index contributed by atoms with van der Waals surface area (Å²) in [4.78, 5) is 17.1. The summed E-state index contributed by atoms with van der Waals surface area (Å²) in [6.45, 7) is 2.38. The van der Waals surface area contributed by atoms with Crippen LogP contribution >= 0.6 is 11.3 Å². The molecule has 0 unspecified atom stereocenters. The molecule has 0 aliphatic carbocycles. The number of carbonyl (C=O) groups is 1. The number of thiophene rings is 1. The zero-order valence-corrected chi connectivity index (χ0v) is 13.6. The zero-order valence-electron chi connectivity index (χ0n) is 12.7. The molecule has 1 aromatic carbocycles. The van der Waals surface area contributed by atoms with E-state index in [9.17, 15) is 4.79 Å². The standard InChI is InChI=1S/C17H15NO4S/c1-3-21-15-11(6-4-7-13(15)20-2)10-12-17(19)22-16(18-12)14-8-5-9-23-14/h4-10H,3H2,1-2H3. The van der Waals surface area contributed by atoms with Crippen LogP contribution in [0.15, 0.2) is 46.4 Å². The fourth-order valence-electron chi connectivity index (χ4n) is 2.17. The third-order valence-corrected chi connectivity index (χ3v) is 4.02. The van der Waals surface area contributed by atoms with Crippen molar-refractivity contribution in [2.24, 2.45) is 4.99 Å². The van der Waals surface area contributed by atoms with Gasteiger partial charge in [-0.05, 0) is 30.5 Å². The minimum atomic E-state index is -0.473. The van der Waals surface area contributed by atoms with Crippen LogP contribution < -0.4 is 9.47 Å². The lowest BCUT2D eigenvalue weighted by molar-refractivity contribution is -0.129. The quantitative estimate of drug-likeness (QED) is 0.622. The lowest BCUT2D eigenvalue weighted by Crippen LogP contribution is -2.03. The molecule has 0 saturated heterocycles. The van der Waals surface area contributed by atoms with Crippen LogP contribution in [0.5, 0.6) is 11.5 Å². The molecular formula is C17H15NO4S. The number of cyclic esters (lactones) is 1. The van der Waals surface area contributed by atoms with Crippen LogP contribution in [0.4, 0.5) is 0 Å². The molecular weight excluding hydrogens is 314 g/mol. The molecule has 0 saturated carbocycles. The lowest BCUT2D eigenvalue weighted by Gasteiger charge is -2.11. The Hall–Kier alpha value is -2.60. The number of methoxy groups -OCH3 is 1. The number of hydrogen-bond acceptors (Lipinski definition) is 6. The van der Waals surface area contributed by atoms with Crippen LogP contribution in [0.3, 0.4) is 0 Å². The van der Waals surface area contributed by atoms with E-state index in [0.717, 1.165) is 4.88 Å². The molecule has 0 atom stereocenters. The van der Waals surface area contributed by atoms with Crippen molar-refractivity contribution < 1.29 is 19.0 Å². The van der Waals surface area contributed by atoms with Gasteiger partial charge in [0.1, 0.15) is 0 Å². The van der Waals surface area contributed by atoms with E-state index in [4.69, 9.17) is 14.2 Å². The van der Waals surface area contributed by atoms with Gasteiger partial charge in [0.25, 0.3) is 0 Å². The number of para-hydroxylation sites is 1. The van der Waals surface area contributed by atoms with Gasteiger partial charge < -0.3 is 14.2 Å². The van der Waals surface area contributed by atoms with Crippen LogP contribution in [0, 0.1) is 0 Å². The fourth-order valence-corrected chi connectivity index (χ4v) is 2.82. The Kier molecular flexibility index (Phi) is 4.43. The predicted molar refractivity (Wildman–Crippen MR) is 89.1 cm³/mol. The molecule has 5 nitrogen and oxygen atoms in total. The van der Waals surface area contributed by atoms with Crippen LogP contribution in [-0.2, 0) is 9.53 Å². The second-order valence-corrected chi connectivity index (χ2v) is 5.57. The van der Waals surface area contributed by atoms with E-state index < -0.39 is 5.97 Å². The van der Waals surface area contributed by atoms with Crippen LogP contribution in [0.2, 0.25) is 0 Å². The fraction of sp³-hybridized carbons (Fsp3) is 0.176. The number of aliphatic imine (C=N–C) groups is 1. The van der Waals surface area contributed by atoms with Crippen LogP contribution in [0.25, 0.3) is 6.08 Å². The van der Waals surface area contributed by atoms with Gasteiger partial charge in [-0.25, -0.2) is 9.79 Å². The number of hydrogen-bond donors (Lipinski definition) is 0. The largest absolute Gasteiger partial charge is 0.493 e. The first-order valence-corrected chi connectivity index (χ1v) is 7.97. The molecule has 1 aliphatic heterocycles. The third kappa shape index (κ3) is 3.12. The van der Waals surface area contributed by atoms with E-state index in [1.807, 2.05) is 36.6 Å². The number of carbonyl (C=O) groups excluding carboxylic acids is 1. The highest BCUT2D eigenvalue weighted by molar-refractivity contribution is 7.12. The monoisotopic (exact) mass is 329 g/mol. The molecule has 0 fully saturated rings. The number of ether oxygens (including phenoxy) is 3. The Morgan fingerprint density at radius 2 is 2.17 bits per heavy atom. The van der Waals surface area contributed by atoms with Crippen molar-refractivity contribution in [3.05, 3.63) is 51.8 Å². The van der Waals surface area contributed by atoms with Crippen molar-refractivity contribution in [2.75, 3.05) is 13.7 Å². The summed E-state index contributed by atoms with van der Waals surface area (Å²) in [6.07, 6.45) is 1.65. The van der Waals surface area contributed by atoms with Gasteiger partial charge >= 0.3 is 5.97 Å². The second kappa shape index (κ2) is 6.66. The molecule has 0 amide bonds. The number of esters is 1. The zero-order chi connectivity index (χ0) is 16.2. The Labute approximate surface area is 137 Å². The molecule has 2 heterocycles. The van der Waals surface area contributed by atoms with Gasteiger partial charge in [0.15, 0.2) is 17.2 Å². The lowest BCUT2D eigenvalue weighted by atomic mass is 10.1. The van der Waals surface area contributed by atoms with Crippen molar-refractivity contribution >= 4 is 29.3 Å². The normalized spacial score (nSPS) is 15.5. The smallest absolute Gasteiger partial charge is 0.363 e. The maximum atomic E-state index is 12.0. The van der Waals surface area contributed by atoms with Crippen molar-refractivity contribution in [1.82, 2.24) is 0 Å². The Morgan fingerprint density at radius 1 is 1.30 bits per heavy atom. The van der Waals surface area contributed by atoms with E-state index in [1.54, 1.807) is 19.3 Å². The van der Waals surface area contributed by atoms with Gasteiger partial charge in [-0.3, -0.25) is 0 Å². The molecule has 118 valence electrons. The second-order valence-electron chi connectivity index (χ2n) is 4.62. The summed E-state index contributed by atoms with van der Waals surface area (Å²) >= 11 is 1.47. The van der Waals surface area contributed by atoms with E-state index in [2.05, 4.69) is 4.99 Å². The van der Waals surface area contributed by atoms with Gasteiger partial charge in [-0.1, -0.05) is 18.2 Å². The molecule has 0 radical (unpaired) electrons. The Balaban J connectivity index is 2.00. The molecule has 2 aromatic rings. The van der Waals surface area contributed by atoms with Gasteiger partial charge in [-0.15, -0.1) is 11.3 Å². The van der Waals surface area contributed by atoms with Crippen LogP contribution in [-0.4, -0.2) is 25.6 Å². The first kappa shape index (κ1) is 15.3. The summed E-state index contributed by atoms with van der Waals surface area (Å²) in [5, 5.41) is 1.91. The molecule has 23 heavy (non-hydrogen) atoms. The van der Waals surface area contributed by atoms with Crippen molar-refractivity contribution in [2.45, 2.75) is 6.92 Å². The maximum absolute atomic E-state index is 12.0. The molecule has 0 N–H and O–H groups in total. The van der Waals surface area contributed by atoms with Crippen molar-refractivity contribution in [3.63, 3.8) is 0 Å². The van der Waals surface area contributed by atoms with Crippen molar-refractivity contribution in [3.8, 4) is 11.5 Å². The SMILES string of the molecule is CCOc1c(C=C2N=C(c3cccs3)OC2=O)cccc1OC.